The van der Waals surface area contributed by atoms with Gasteiger partial charge in [0.25, 0.3) is 15.9 Å². The second-order valence-electron chi connectivity index (χ2n) is 12.8. The number of amides is 1. The summed E-state index contributed by atoms with van der Waals surface area (Å²) in [6, 6.07) is 18.2. The molecule has 11 nitrogen and oxygen atoms in total. The number of aliphatic hydroxyl groups excluding tert-OH is 1. The van der Waals surface area contributed by atoms with Crippen LogP contribution in [0.15, 0.2) is 71.6 Å². The molecule has 2 N–H and O–H groups in total. The van der Waals surface area contributed by atoms with Crippen molar-refractivity contribution in [1.82, 2.24) is 9.80 Å². The van der Waals surface area contributed by atoms with Crippen LogP contribution >= 0.6 is 0 Å². The standard InChI is InChI=1S/C37H51N3O8S/c1-26-22-40(27(2)25-41)37(42)34-21-30(38-49(43,44)33-17-15-32(46-6)16-18-33)12-19-35(34)48-28(3)9-7-8-20-47-36(26)24-39(4)23-29-10-13-31(45-5)14-11-29/h10-19,21,26-28,36,38,41H,7-9,20,22-25H2,1-6H3/t26-,27-,28-,36+/m1/s1. The highest BCUT2D eigenvalue weighted by molar-refractivity contribution is 7.92. The van der Waals surface area contributed by atoms with Gasteiger partial charge < -0.3 is 29.0 Å². The van der Waals surface area contributed by atoms with Crippen molar-refractivity contribution in [3.63, 3.8) is 0 Å². The maximum Gasteiger partial charge on any atom is 0.261 e. The van der Waals surface area contributed by atoms with Crippen LogP contribution in [0.1, 0.15) is 56.0 Å². The van der Waals surface area contributed by atoms with Gasteiger partial charge in [-0.05, 0) is 100 Å². The molecule has 1 aliphatic rings. The lowest BCUT2D eigenvalue weighted by Crippen LogP contribution is -2.47. The Balaban J connectivity index is 1.62. The number of hydrogen-bond donors (Lipinski definition) is 2. The van der Waals surface area contributed by atoms with Crippen molar-refractivity contribution in [3.05, 3.63) is 77.9 Å². The fourth-order valence-corrected chi connectivity index (χ4v) is 6.88. The van der Waals surface area contributed by atoms with E-state index >= 15 is 0 Å². The lowest BCUT2D eigenvalue weighted by molar-refractivity contribution is -0.0177. The summed E-state index contributed by atoms with van der Waals surface area (Å²) in [6.07, 6.45) is 2.08. The minimum Gasteiger partial charge on any atom is -0.497 e. The largest absolute Gasteiger partial charge is 0.497 e. The van der Waals surface area contributed by atoms with Gasteiger partial charge in [0.2, 0.25) is 0 Å². The summed E-state index contributed by atoms with van der Waals surface area (Å²) >= 11 is 0. The van der Waals surface area contributed by atoms with E-state index < -0.39 is 16.1 Å². The average Bonchev–Trinajstić information content (AvgIpc) is 3.09. The quantitative estimate of drug-likeness (QED) is 0.270. The Hall–Kier alpha value is -3.84. The number of hydrogen-bond acceptors (Lipinski definition) is 9. The molecule has 0 saturated heterocycles. The van der Waals surface area contributed by atoms with Crippen molar-refractivity contribution in [1.29, 1.82) is 0 Å². The number of carbonyl (C=O) groups excluding carboxylic acids is 1. The van der Waals surface area contributed by atoms with Gasteiger partial charge in [0.1, 0.15) is 17.2 Å². The molecule has 0 spiro atoms. The highest BCUT2D eigenvalue weighted by atomic mass is 32.2. The van der Waals surface area contributed by atoms with E-state index in [1.807, 2.05) is 31.2 Å². The number of methoxy groups -OCH3 is 2. The van der Waals surface area contributed by atoms with Gasteiger partial charge in [-0.15, -0.1) is 0 Å². The first kappa shape index (κ1) is 38.0. The number of nitrogens with one attached hydrogen (secondary N) is 1. The molecule has 268 valence electrons. The molecule has 49 heavy (non-hydrogen) atoms. The van der Waals surface area contributed by atoms with Gasteiger partial charge >= 0.3 is 0 Å². The average molecular weight is 698 g/mol. The predicted molar refractivity (Wildman–Crippen MR) is 190 cm³/mol. The summed E-state index contributed by atoms with van der Waals surface area (Å²) in [5.74, 6) is 1.23. The van der Waals surface area contributed by atoms with Crippen LogP contribution in [-0.2, 0) is 21.3 Å². The molecule has 0 aliphatic carbocycles. The van der Waals surface area contributed by atoms with E-state index in [4.69, 9.17) is 18.9 Å². The number of fused-ring (bicyclic) bond motifs is 1. The maximum absolute atomic E-state index is 14.4. The summed E-state index contributed by atoms with van der Waals surface area (Å²) in [5, 5.41) is 10.3. The fraction of sp³-hybridized carbons (Fsp3) is 0.486. The van der Waals surface area contributed by atoms with Crippen molar-refractivity contribution in [2.45, 2.75) is 69.7 Å². The van der Waals surface area contributed by atoms with E-state index in [1.54, 1.807) is 43.2 Å². The van der Waals surface area contributed by atoms with Gasteiger partial charge in [-0.3, -0.25) is 14.4 Å². The topological polar surface area (TPSA) is 127 Å². The molecule has 1 heterocycles. The Morgan fingerprint density at radius 1 is 1.00 bits per heavy atom. The molecule has 12 heteroatoms. The summed E-state index contributed by atoms with van der Waals surface area (Å²) in [5.41, 5.74) is 1.57. The van der Waals surface area contributed by atoms with Gasteiger partial charge in [0.15, 0.2) is 0 Å². The van der Waals surface area contributed by atoms with Crippen molar-refractivity contribution < 1.29 is 37.3 Å². The summed E-state index contributed by atoms with van der Waals surface area (Å²) in [6.45, 7) is 7.78. The minimum atomic E-state index is -3.97. The number of nitrogens with zero attached hydrogens (tertiary/aromatic N) is 2. The van der Waals surface area contributed by atoms with Crippen LogP contribution in [-0.4, -0.2) is 95.1 Å². The van der Waals surface area contributed by atoms with Crippen LogP contribution < -0.4 is 18.9 Å². The molecule has 3 aromatic carbocycles. The predicted octanol–water partition coefficient (Wildman–Crippen LogP) is 5.43. The summed E-state index contributed by atoms with van der Waals surface area (Å²) in [7, 11) is 1.24. The number of rotatable bonds is 11. The molecule has 3 aromatic rings. The monoisotopic (exact) mass is 697 g/mol. The van der Waals surface area contributed by atoms with E-state index in [0.717, 1.165) is 30.6 Å². The number of sulfonamides is 1. The summed E-state index contributed by atoms with van der Waals surface area (Å²) in [4.78, 5) is 18.3. The first-order chi connectivity index (χ1) is 23.4. The van der Waals surface area contributed by atoms with E-state index in [0.29, 0.717) is 37.7 Å². The van der Waals surface area contributed by atoms with Crippen LogP contribution in [0.5, 0.6) is 17.2 Å². The first-order valence-electron chi connectivity index (χ1n) is 16.8. The van der Waals surface area contributed by atoms with Crippen LogP contribution in [0.3, 0.4) is 0 Å². The number of aliphatic hydroxyl groups is 1. The minimum absolute atomic E-state index is 0.0527. The molecule has 1 aliphatic heterocycles. The number of likely N-dealkylation sites (N-methyl/N-ethyl adjacent to an activating group) is 1. The zero-order valence-corrected chi connectivity index (χ0v) is 30.2. The Morgan fingerprint density at radius 2 is 1.65 bits per heavy atom. The molecule has 4 rings (SSSR count). The molecule has 0 aromatic heterocycles. The highest BCUT2D eigenvalue weighted by Crippen LogP contribution is 2.30. The van der Waals surface area contributed by atoms with Gasteiger partial charge in [0.05, 0.1) is 49.5 Å². The molecule has 0 saturated carbocycles. The lowest BCUT2D eigenvalue weighted by Gasteiger charge is -2.36. The van der Waals surface area contributed by atoms with Crippen LogP contribution in [0.4, 0.5) is 5.69 Å². The van der Waals surface area contributed by atoms with E-state index in [2.05, 4.69) is 23.6 Å². The third-order valence-corrected chi connectivity index (χ3v) is 10.2. The zero-order valence-electron chi connectivity index (χ0n) is 29.4. The zero-order chi connectivity index (χ0) is 35.6. The Morgan fingerprint density at radius 3 is 2.29 bits per heavy atom. The van der Waals surface area contributed by atoms with Crippen molar-refractivity contribution in [2.24, 2.45) is 5.92 Å². The second-order valence-corrected chi connectivity index (χ2v) is 14.5. The van der Waals surface area contributed by atoms with Crippen molar-refractivity contribution >= 4 is 21.6 Å². The van der Waals surface area contributed by atoms with Crippen LogP contribution in [0, 0.1) is 5.92 Å². The first-order valence-corrected chi connectivity index (χ1v) is 18.2. The molecule has 1 amide bonds. The number of ether oxygens (including phenoxy) is 4. The molecule has 4 atom stereocenters. The Labute approximate surface area is 291 Å². The Kier molecular flexibility index (Phi) is 13.7. The third kappa shape index (κ3) is 10.6. The molecular weight excluding hydrogens is 646 g/mol. The van der Waals surface area contributed by atoms with Crippen molar-refractivity contribution in [3.8, 4) is 17.2 Å². The maximum atomic E-state index is 14.4. The molecule has 0 fully saturated rings. The fourth-order valence-electron chi connectivity index (χ4n) is 5.83. The van der Waals surface area contributed by atoms with Gasteiger partial charge in [-0.25, -0.2) is 8.42 Å². The molecule has 0 radical (unpaired) electrons. The van der Waals surface area contributed by atoms with E-state index in [9.17, 15) is 18.3 Å². The smallest absolute Gasteiger partial charge is 0.261 e. The van der Waals surface area contributed by atoms with Gasteiger partial charge in [-0.1, -0.05) is 19.1 Å². The molecule has 0 unspecified atom stereocenters. The number of anilines is 1. The van der Waals surface area contributed by atoms with Gasteiger partial charge in [-0.2, -0.15) is 0 Å². The van der Waals surface area contributed by atoms with E-state index in [1.165, 1.54) is 25.3 Å². The third-order valence-electron chi connectivity index (χ3n) is 8.78. The van der Waals surface area contributed by atoms with Gasteiger partial charge in [0, 0.05) is 37.8 Å². The van der Waals surface area contributed by atoms with E-state index in [-0.39, 0.29) is 46.8 Å². The second kappa shape index (κ2) is 17.7. The molecule has 0 bridgehead atoms. The van der Waals surface area contributed by atoms with Crippen molar-refractivity contribution in [2.75, 3.05) is 52.3 Å². The number of benzene rings is 3. The molecular formula is C37H51N3O8S. The highest BCUT2D eigenvalue weighted by Gasteiger charge is 2.31. The number of carbonyl (C=O) groups is 1. The normalized spacial score (nSPS) is 20.1. The van der Waals surface area contributed by atoms with Crippen LogP contribution in [0.2, 0.25) is 0 Å². The SMILES string of the molecule is COc1ccc(CN(C)C[C@@H]2OCCCC[C@@H](C)Oc3ccc(NS(=O)(=O)c4ccc(OC)cc4)cc3C(=O)N([C@H](C)CO)C[C@H]2C)cc1. The summed E-state index contributed by atoms with van der Waals surface area (Å²) < 4.78 is 52.4. The lowest BCUT2D eigenvalue weighted by atomic mass is 10.0. The van der Waals surface area contributed by atoms with Crippen LogP contribution in [0.25, 0.3) is 0 Å². The Bertz CT molecular complexity index is 1600.